The smallest absolute Gasteiger partial charge is 0.321 e. The van der Waals surface area contributed by atoms with Gasteiger partial charge >= 0.3 is 6.03 Å². The van der Waals surface area contributed by atoms with Gasteiger partial charge in [-0.15, -0.1) is 10.2 Å². The standard InChI is InChI=1S/C22H23N5O3S/c1-14(15-7-4-3-5-8-15)31-22-26-25-19(11-16-12-20(28)24-21(29)23-16)27(22)17-9-6-10-18(13-17)30-2/h3-10,13-14,16H,11-12H2,1-2H3,(H2,23,24,28,29). The Kier molecular flexibility index (Phi) is 6.22. The number of hydrogen-bond donors (Lipinski definition) is 2. The fourth-order valence-electron chi connectivity index (χ4n) is 3.49. The number of nitrogens with zero attached hydrogens (tertiary/aromatic N) is 3. The number of imide groups is 1. The van der Waals surface area contributed by atoms with E-state index in [4.69, 9.17) is 4.74 Å². The van der Waals surface area contributed by atoms with E-state index in [-0.39, 0.29) is 23.6 Å². The summed E-state index contributed by atoms with van der Waals surface area (Å²) < 4.78 is 7.35. The molecule has 9 heteroatoms. The van der Waals surface area contributed by atoms with E-state index in [1.807, 2.05) is 47.0 Å². The fourth-order valence-corrected chi connectivity index (χ4v) is 4.50. The minimum atomic E-state index is -0.485. The summed E-state index contributed by atoms with van der Waals surface area (Å²) >= 11 is 1.60. The number of aromatic nitrogens is 3. The summed E-state index contributed by atoms with van der Waals surface area (Å²) in [6.45, 7) is 2.12. The Morgan fingerprint density at radius 3 is 2.71 bits per heavy atom. The molecule has 2 N–H and O–H groups in total. The van der Waals surface area contributed by atoms with Gasteiger partial charge in [0.25, 0.3) is 0 Å². The zero-order valence-electron chi connectivity index (χ0n) is 17.2. The summed E-state index contributed by atoms with van der Waals surface area (Å²) in [7, 11) is 1.62. The second-order valence-electron chi connectivity index (χ2n) is 7.23. The van der Waals surface area contributed by atoms with Crippen LogP contribution >= 0.6 is 11.8 Å². The first-order chi connectivity index (χ1) is 15.0. The molecule has 31 heavy (non-hydrogen) atoms. The predicted octanol–water partition coefficient (Wildman–Crippen LogP) is 3.27. The van der Waals surface area contributed by atoms with E-state index in [1.165, 1.54) is 5.56 Å². The Balaban J connectivity index is 1.68. The Morgan fingerprint density at radius 2 is 1.97 bits per heavy atom. The summed E-state index contributed by atoms with van der Waals surface area (Å²) in [4.78, 5) is 23.5. The highest BCUT2D eigenvalue weighted by molar-refractivity contribution is 7.99. The lowest BCUT2D eigenvalue weighted by molar-refractivity contribution is -0.121. The van der Waals surface area contributed by atoms with Gasteiger partial charge in [0, 0.05) is 30.2 Å². The number of amides is 3. The van der Waals surface area contributed by atoms with Gasteiger partial charge in [-0.25, -0.2) is 4.79 Å². The zero-order valence-corrected chi connectivity index (χ0v) is 18.1. The van der Waals surface area contributed by atoms with Crippen LogP contribution in [0.4, 0.5) is 4.79 Å². The van der Waals surface area contributed by atoms with Crippen LogP contribution in [-0.4, -0.2) is 39.9 Å². The number of ether oxygens (including phenoxy) is 1. The number of nitrogens with one attached hydrogen (secondary N) is 2. The van der Waals surface area contributed by atoms with Crippen LogP contribution in [0.1, 0.15) is 30.0 Å². The molecule has 0 radical (unpaired) electrons. The second kappa shape index (κ2) is 9.22. The Morgan fingerprint density at radius 1 is 1.16 bits per heavy atom. The monoisotopic (exact) mass is 437 g/mol. The number of thioether (sulfide) groups is 1. The average Bonchev–Trinajstić information content (AvgIpc) is 3.15. The molecule has 1 aliphatic heterocycles. The minimum Gasteiger partial charge on any atom is -0.497 e. The van der Waals surface area contributed by atoms with Crippen LogP contribution in [0.5, 0.6) is 5.75 Å². The van der Waals surface area contributed by atoms with Crippen molar-refractivity contribution in [1.82, 2.24) is 25.4 Å². The SMILES string of the molecule is COc1cccc(-n2c(CC3CC(=O)NC(=O)N3)nnc2SC(C)c2ccccc2)c1. The van der Waals surface area contributed by atoms with Crippen molar-refractivity contribution >= 4 is 23.7 Å². The molecule has 0 spiro atoms. The molecular weight excluding hydrogens is 414 g/mol. The number of rotatable bonds is 7. The van der Waals surface area contributed by atoms with Crippen LogP contribution in [0.3, 0.4) is 0 Å². The minimum absolute atomic E-state index is 0.155. The maximum absolute atomic E-state index is 11.8. The lowest BCUT2D eigenvalue weighted by Crippen LogP contribution is -2.53. The molecule has 0 saturated carbocycles. The molecule has 2 heterocycles. The van der Waals surface area contributed by atoms with E-state index < -0.39 is 6.03 Å². The van der Waals surface area contributed by atoms with Gasteiger partial charge in [0.2, 0.25) is 5.91 Å². The molecule has 160 valence electrons. The molecular formula is C22H23N5O3S. The molecule has 0 bridgehead atoms. The second-order valence-corrected chi connectivity index (χ2v) is 8.54. The van der Waals surface area contributed by atoms with E-state index in [1.54, 1.807) is 18.9 Å². The molecule has 4 rings (SSSR count). The Labute approximate surface area is 184 Å². The Bertz CT molecular complexity index is 1070. The first-order valence-electron chi connectivity index (χ1n) is 9.94. The van der Waals surface area contributed by atoms with Gasteiger partial charge in [0.05, 0.1) is 12.8 Å². The highest BCUT2D eigenvalue weighted by Crippen LogP contribution is 2.35. The van der Waals surface area contributed by atoms with Crippen molar-refractivity contribution < 1.29 is 14.3 Å². The number of benzene rings is 2. The van der Waals surface area contributed by atoms with Crippen molar-refractivity contribution in [3.05, 3.63) is 66.0 Å². The van der Waals surface area contributed by atoms with E-state index in [2.05, 4.69) is 39.9 Å². The first kappa shape index (κ1) is 20.9. The third-order valence-electron chi connectivity index (χ3n) is 5.01. The topological polar surface area (TPSA) is 98.1 Å². The summed E-state index contributed by atoms with van der Waals surface area (Å²) in [5.74, 6) is 1.08. The summed E-state index contributed by atoms with van der Waals surface area (Å²) in [5.41, 5.74) is 2.04. The van der Waals surface area contributed by atoms with Crippen molar-refractivity contribution in [1.29, 1.82) is 0 Å². The van der Waals surface area contributed by atoms with Crippen LogP contribution in [-0.2, 0) is 11.2 Å². The number of hydrogen-bond acceptors (Lipinski definition) is 6. The molecule has 8 nitrogen and oxygen atoms in total. The predicted molar refractivity (Wildman–Crippen MR) is 117 cm³/mol. The van der Waals surface area contributed by atoms with E-state index in [9.17, 15) is 9.59 Å². The summed E-state index contributed by atoms with van der Waals surface area (Å²) in [5, 5.41) is 14.8. The quantitative estimate of drug-likeness (QED) is 0.551. The largest absolute Gasteiger partial charge is 0.497 e. The molecule has 2 unspecified atom stereocenters. The number of methoxy groups -OCH3 is 1. The van der Waals surface area contributed by atoms with Crippen LogP contribution < -0.4 is 15.4 Å². The fraction of sp³-hybridized carbons (Fsp3) is 0.273. The molecule has 3 amide bonds. The molecule has 1 aromatic heterocycles. The number of urea groups is 1. The van der Waals surface area contributed by atoms with Crippen molar-refractivity contribution in [2.24, 2.45) is 0 Å². The van der Waals surface area contributed by atoms with Gasteiger partial charge in [-0.3, -0.25) is 14.7 Å². The Hall–Kier alpha value is -3.33. The lowest BCUT2D eigenvalue weighted by Gasteiger charge is -2.23. The normalized spacial score (nSPS) is 17.0. The third-order valence-corrected chi connectivity index (χ3v) is 6.11. The van der Waals surface area contributed by atoms with Crippen LogP contribution in [0.25, 0.3) is 5.69 Å². The van der Waals surface area contributed by atoms with Crippen molar-refractivity contribution in [2.75, 3.05) is 7.11 Å². The number of carbonyl (C=O) groups excluding carboxylic acids is 2. The highest BCUT2D eigenvalue weighted by atomic mass is 32.2. The van der Waals surface area contributed by atoms with Gasteiger partial charge < -0.3 is 10.1 Å². The summed E-state index contributed by atoms with van der Waals surface area (Å²) in [6.07, 6.45) is 0.573. The van der Waals surface area contributed by atoms with Gasteiger partial charge in [-0.05, 0) is 24.6 Å². The van der Waals surface area contributed by atoms with Crippen LogP contribution in [0, 0.1) is 0 Å². The molecule has 1 saturated heterocycles. The number of carbonyl (C=O) groups is 2. The third kappa shape index (κ3) is 4.88. The zero-order chi connectivity index (χ0) is 21.8. The van der Waals surface area contributed by atoms with Gasteiger partial charge in [0.1, 0.15) is 11.6 Å². The highest BCUT2D eigenvalue weighted by Gasteiger charge is 2.27. The molecule has 3 aromatic rings. The molecule has 2 aromatic carbocycles. The first-order valence-corrected chi connectivity index (χ1v) is 10.8. The van der Waals surface area contributed by atoms with Crippen molar-refractivity contribution in [3.63, 3.8) is 0 Å². The molecule has 2 atom stereocenters. The summed E-state index contributed by atoms with van der Waals surface area (Å²) in [6, 6.07) is 17.0. The maximum Gasteiger partial charge on any atom is 0.321 e. The van der Waals surface area contributed by atoms with Gasteiger partial charge in [-0.1, -0.05) is 48.2 Å². The average molecular weight is 438 g/mol. The van der Waals surface area contributed by atoms with Gasteiger partial charge in [0.15, 0.2) is 5.16 Å². The van der Waals surface area contributed by atoms with Crippen LogP contribution in [0.2, 0.25) is 0 Å². The molecule has 1 fully saturated rings. The van der Waals surface area contributed by atoms with Crippen molar-refractivity contribution in [2.45, 2.75) is 36.2 Å². The molecule has 0 aliphatic carbocycles. The lowest BCUT2D eigenvalue weighted by atomic mass is 10.1. The van der Waals surface area contributed by atoms with Gasteiger partial charge in [-0.2, -0.15) is 0 Å². The maximum atomic E-state index is 11.8. The van der Waals surface area contributed by atoms with E-state index in [0.29, 0.717) is 12.2 Å². The van der Waals surface area contributed by atoms with E-state index in [0.717, 1.165) is 16.6 Å². The van der Waals surface area contributed by atoms with E-state index >= 15 is 0 Å². The van der Waals surface area contributed by atoms with Crippen LogP contribution in [0.15, 0.2) is 59.8 Å². The van der Waals surface area contributed by atoms with Crippen molar-refractivity contribution in [3.8, 4) is 11.4 Å². The molecule has 1 aliphatic rings.